The fourth-order valence-electron chi connectivity index (χ4n) is 5.56. The molecule has 1 fully saturated rings. The Bertz CT molecular complexity index is 1550. The van der Waals surface area contributed by atoms with Gasteiger partial charge in [-0.1, -0.05) is 42.0 Å². The Kier molecular flexibility index (Phi) is 8.61. The quantitative estimate of drug-likeness (QED) is 0.244. The van der Waals surface area contributed by atoms with Crippen LogP contribution < -0.4 is 4.90 Å². The van der Waals surface area contributed by atoms with E-state index in [4.69, 9.17) is 9.47 Å². The van der Waals surface area contributed by atoms with Crippen molar-refractivity contribution in [2.45, 2.75) is 53.3 Å². The zero-order chi connectivity index (χ0) is 29.9. The van der Waals surface area contributed by atoms with Gasteiger partial charge in [0.1, 0.15) is 12.2 Å². The van der Waals surface area contributed by atoms with Gasteiger partial charge in [0, 0.05) is 66.8 Å². The predicted molar refractivity (Wildman–Crippen MR) is 168 cm³/mol. The standard InChI is InChI=1S/C34H42N4O4/c1-6-38-30-10-8-7-9-28(30)29-23-26(13-16-31(29)38)24-37(33(40)42-34(3,4)5)21-22-41-32(39)36-19-17-35(18-20-36)27-14-11-25(2)12-15-27/h7-16,23H,6,17-22,24H2,1-5H3. The highest BCUT2D eigenvalue weighted by atomic mass is 16.6. The molecule has 1 aliphatic heterocycles. The Morgan fingerprint density at radius 2 is 1.57 bits per heavy atom. The van der Waals surface area contributed by atoms with Crippen LogP contribution >= 0.6 is 0 Å². The van der Waals surface area contributed by atoms with Crippen molar-refractivity contribution in [3.05, 3.63) is 77.9 Å². The van der Waals surface area contributed by atoms with Gasteiger partial charge in [-0.05, 0) is 70.5 Å². The molecule has 0 radical (unpaired) electrons. The van der Waals surface area contributed by atoms with Crippen LogP contribution in [0.15, 0.2) is 66.7 Å². The van der Waals surface area contributed by atoms with Crippen molar-refractivity contribution in [2.75, 3.05) is 44.2 Å². The number of rotatable bonds is 7. The summed E-state index contributed by atoms with van der Waals surface area (Å²) in [5.41, 5.74) is 5.11. The van der Waals surface area contributed by atoms with Crippen molar-refractivity contribution in [2.24, 2.45) is 0 Å². The average Bonchev–Trinajstić information content (AvgIpc) is 3.29. The molecular formula is C34H42N4O4. The molecule has 2 amide bonds. The van der Waals surface area contributed by atoms with Gasteiger partial charge in [0.2, 0.25) is 0 Å². The first-order valence-corrected chi connectivity index (χ1v) is 14.8. The summed E-state index contributed by atoms with van der Waals surface area (Å²) in [5.74, 6) is 0. The lowest BCUT2D eigenvalue weighted by Gasteiger charge is -2.35. The maximum atomic E-state index is 13.2. The highest BCUT2D eigenvalue weighted by molar-refractivity contribution is 6.08. The highest BCUT2D eigenvalue weighted by Gasteiger charge is 2.25. The molecule has 3 aromatic carbocycles. The number of aryl methyl sites for hydroxylation is 2. The number of carbonyl (C=O) groups is 2. The summed E-state index contributed by atoms with van der Waals surface area (Å²) in [5, 5.41) is 2.35. The van der Waals surface area contributed by atoms with Crippen LogP contribution in [0.5, 0.6) is 0 Å². The summed E-state index contributed by atoms with van der Waals surface area (Å²) in [6, 6.07) is 23.2. The molecule has 1 aromatic heterocycles. The van der Waals surface area contributed by atoms with Gasteiger partial charge in [-0.2, -0.15) is 0 Å². The van der Waals surface area contributed by atoms with Crippen molar-refractivity contribution >= 4 is 39.7 Å². The molecule has 0 atom stereocenters. The molecule has 8 heteroatoms. The molecular weight excluding hydrogens is 528 g/mol. The minimum atomic E-state index is -0.637. The van der Waals surface area contributed by atoms with E-state index in [1.807, 2.05) is 20.8 Å². The third-order valence-corrected chi connectivity index (χ3v) is 7.70. The van der Waals surface area contributed by atoms with E-state index in [-0.39, 0.29) is 19.2 Å². The predicted octanol–water partition coefficient (Wildman–Crippen LogP) is 6.82. The Hall–Kier alpha value is -4.20. The van der Waals surface area contributed by atoms with Crippen molar-refractivity contribution in [1.29, 1.82) is 0 Å². The Labute approximate surface area is 248 Å². The van der Waals surface area contributed by atoms with Gasteiger partial charge in [-0.3, -0.25) is 0 Å². The lowest BCUT2D eigenvalue weighted by atomic mass is 10.1. The molecule has 0 bridgehead atoms. The second-order valence-electron chi connectivity index (χ2n) is 11.9. The third kappa shape index (κ3) is 6.64. The Balaban J connectivity index is 1.23. The van der Waals surface area contributed by atoms with Gasteiger partial charge < -0.3 is 28.7 Å². The zero-order valence-corrected chi connectivity index (χ0v) is 25.4. The number of ether oxygens (including phenoxy) is 2. The molecule has 4 aromatic rings. The van der Waals surface area contributed by atoms with Gasteiger partial charge in [-0.15, -0.1) is 0 Å². The molecule has 2 heterocycles. The summed E-state index contributed by atoms with van der Waals surface area (Å²) < 4.78 is 13.7. The number of hydrogen-bond acceptors (Lipinski definition) is 5. The van der Waals surface area contributed by atoms with Crippen LogP contribution in [-0.2, 0) is 22.6 Å². The van der Waals surface area contributed by atoms with Gasteiger partial charge in [0.05, 0.1) is 6.54 Å². The maximum absolute atomic E-state index is 13.2. The second-order valence-corrected chi connectivity index (χ2v) is 11.9. The van der Waals surface area contributed by atoms with E-state index < -0.39 is 11.7 Å². The number of fused-ring (bicyclic) bond motifs is 3. The Morgan fingerprint density at radius 3 is 2.26 bits per heavy atom. The van der Waals surface area contributed by atoms with Crippen molar-refractivity contribution in [1.82, 2.24) is 14.4 Å². The number of para-hydroxylation sites is 1. The minimum Gasteiger partial charge on any atom is -0.448 e. The smallest absolute Gasteiger partial charge is 0.410 e. The van der Waals surface area contributed by atoms with E-state index in [0.29, 0.717) is 19.6 Å². The van der Waals surface area contributed by atoms with Crippen LogP contribution in [0.1, 0.15) is 38.8 Å². The molecule has 5 rings (SSSR count). The first kappa shape index (κ1) is 29.3. The average molecular weight is 571 g/mol. The van der Waals surface area contributed by atoms with Gasteiger partial charge in [0.15, 0.2) is 0 Å². The van der Waals surface area contributed by atoms with Gasteiger partial charge >= 0.3 is 12.2 Å². The lowest BCUT2D eigenvalue weighted by Crippen LogP contribution is -2.49. The lowest BCUT2D eigenvalue weighted by molar-refractivity contribution is 0.0174. The number of carbonyl (C=O) groups excluding carboxylic acids is 2. The number of hydrogen-bond donors (Lipinski definition) is 0. The van der Waals surface area contributed by atoms with Crippen molar-refractivity contribution in [3.8, 4) is 0 Å². The number of piperazine rings is 1. The van der Waals surface area contributed by atoms with E-state index in [1.54, 1.807) is 9.80 Å². The molecule has 42 heavy (non-hydrogen) atoms. The monoisotopic (exact) mass is 570 g/mol. The van der Waals surface area contributed by atoms with E-state index in [2.05, 4.69) is 90.0 Å². The van der Waals surface area contributed by atoms with Crippen LogP contribution in [-0.4, -0.2) is 71.5 Å². The highest BCUT2D eigenvalue weighted by Crippen LogP contribution is 2.30. The van der Waals surface area contributed by atoms with Crippen LogP contribution in [0.3, 0.4) is 0 Å². The van der Waals surface area contributed by atoms with E-state index in [9.17, 15) is 9.59 Å². The topological polar surface area (TPSA) is 67.2 Å². The van der Waals surface area contributed by atoms with Gasteiger partial charge in [-0.25, -0.2) is 9.59 Å². The Morgan fingerprint density at radius 1 is 0.881 bits per heavy atom. The summed E-state index contributed by atoms with van der Waals surface area (Å²) in [4.78, 5) is 31.7. The number of amides is 2. The molecule has 0 unspecified atom stereocenters. The first-order chi connectivity index (χ1) is 20.1. The van der Waals surface area contributed by atoms with Crippen molar-refractivity contribution < 1.29 is 19.1 Å². The van der Waals surface area contributed by atoms with E-state index >= 15 is 0 Å². The summed E-state index contributed by atoms with van der Waals surface area (Å²) in [6.07, 6.45) is -0.780. The SMILES string of the molecule is CCn1c2ccccc2c2cc(CN(CCOC(=O)N3CCN(c4ccc(C)cc4)CC3)C(=O)OC(C)(C)C)ccc21. The number of nitrogens with zero attached hydrogens (tertiary/aromatic N) is 4. The number of aromatic nitrogens is 1. The summed E-state index contributed by atoms with van der Waals surface area (Å²) >= 11 is 0. The van der Waals surface area contributed by atoms with Gasteiger partial charge in [0.25, 0.3) is 0 Å². The summed E-state index contributed by atoms with van der Waals surface area (Å²) in [7, 11) is 0. The van der Waals surface area contributed by atoms with Crippen LogP contribution in [0.4, 0.5) is 15.3 Å². The fraction of sp³-hybridized carbons (Fsp3) is 0.412. The minimum absolute atomic E-state index is 0.0909. The summed E-state index contributed by atoms with van der Waals surface area (Å²) in [6.45, 7) is 14.0. The van der Waals surface area contributed by atoms with Crippen LogP contribution in [0, 0.1) is 6.92 Å². The van der Waals surface area contributed by atoms with Crippen LogP contribution in [0.2, 0.25) is 0 Å². The molecule has 222 valence electrons. The van der Waals surface area contributed by atoms with E-state index in [1.165, 1.54) is 27.7 Å². The third-order valence-electron chi connectivity index (χ3n) is 7.70. The molecule has 1 saturated heterocycles. The molecule has 1 aliphatic rings. The van der Waals surface area contributed by atoms with Crippen molar-refractivity contribution in [3.63, 3.8) is 0 Å². The van der Waals surface area contributed by atoms with Crippen LogP contribution in [0.25, 0.3) is 21.8 Å². The molecule has 0 N–H and O–H groups in total. The largest absolute Gasteiger partial charge is 0.448 e. The fourth-order valence-corrected chi connectivity index (χ4v) is 5.56. The number of anilines is 1. The van der Waals surface area contributed by atoms with E-state index in [0.717, 1.165) is 30.6 Å². The molecule has 8 nitrogen and oxygen atoms in total. The molecule has 0 spiro atoms. The zero-order valence-electron chi connectivity index (χ0n) is 25.4. The molecule has 0 aliphatic carbocycles. The number of benzene rings is 3. The second kappa shape index (κ2) is 12.3. The first-order valence-electron chi connectivity index (χ1n) is 14.8. The molecule has 0 saturated carbocycles. The maximum Gasteiger partial charge on any atom is 0.410 e. The normalized spacial score (nSPS) is 13.9.